The highest BCUT2D eigenvalue weighted by molar-refractivity contribution is 5.74. The maximum absolute atomic E-state index is 10.7. The summed E-state index contributed by atoms with van der Waals surface area (Å²) in [6.45, 7) is 7.86. The first-order valence-electron chi connectivity index (χ1n) is 5.90. The minimum atomic E-state index is -0.144. The van der Waals surface area contributed by atoms with E-state index < -0.39 is 0 Å². The second-order valence-corrected chi connectivity index (χ2v) is 4.89. The Kier molecular flexibility index (Phi) is 4.89. The van der Waals surface area contributed by atoms with Crippen LogP contribution in [-0.2, 0) is 11.2 Å². The lowest BCUT2D eigenvalue weighted by Crippen LogP contribution is -2.13. The van der Waals surface area contributed by atoms with Crippen LogP contribution in [0, 0.1) is 5.41 Å². The predicted octanol–water partition coefficient (Wildman–Crippen LogP) is 3.96. The first-order chi connectivity index (χ1) is 8.06. The van der Waals surface area contributed by atoms with Gasteiger partial charge in [0.15, 0.2) is 0 Å². The minimum absolute atomic E-state index is 0.144. The summed E-state index contributed by atoms with van der Waals surface area (Å²) in [6, 6.07) is 10.3. The van der Waals surface area contributed by atoms with Crippen molar-refractivity contribution in [1.29, 1.82) is 0 Å². The quantitative estimate of drug-likeness (QED) is 0.409. The van der Waals surface area contributed by atoms with Gasteiger partial charge in [-0.15, -0.1) is 0 Å². The van der Waals surface area contributed by atoms with Crippen molar-refractivity contribution in [3.05, 3.63) is 60.2 Å². The number of rotatable bonds is 6. The van der Waals surface area contributed by atoms with Crippen LogP contribution < -0.4 is 0 Å². The van der Waals surface area contributed by atoms with Crippen LogP contribution in [0.4, 0.5) is 0 Å². The van der Waals surface area contributed by atoms with Gasteiger partial charge in [0, 0.05) is 0 Å². The van der Waals surface area contributed by atoms with Crippen LogP contribution in [0.15, 0.2) is 54.6 Å². The van der Waals surface area contributed by atoms with E-state index in [0.717, 1.165) is 19.1 Å². The van der Waals surface area contributed by atoms with Crippen LogP contribution in [-0.4, -0.2) is 6.29 Å². The van der Waals surface area contributed by atoms with Gasteiger partial charge in [-0.25, -0.2) is 0 Å². The number of allylic oxidation sites excluding steroid dienone is 3. The SMILES string of the molecule is C=C(C=O)C(C)(C)C/C=C/Cc1ccccc1. The zero-order valence-electron chi connectivity index (χ0n) is 10.6. The molecule has 0 amide bonds. The predicted molar refractivity (Wildman–Crippen MR) is 72.9 cm³/mol. The maximum Gasteiger partial charge on any atom is 0.145 e. The van der Waals surface area contributed by atoms with E-state index in [9.17, 15) is 4.79 Å². The van der Waals surface area contributed by atoms with Gasteiger partial charge in [0.2, 0.25) is 0 Å². The Morgan fingerprint density at radius 1 is 1.24 bits per heavy atom. The number of hydrogen-bond donors (Lipinski definition) is 0. The van der Waals surface area contributed by atoms with Crippen LogP contribution in [0.25, 0.3) is 0 Å². The molecule has 0 aromatic heterocycles. The van der Waals surface area contributed by atoms with Crippen LogP contribution >= 0.6 is 0 Å². The van der Waals surface area contributed by atoms with E-state index in [-0.39, 0.29) is 5.41 Å². The molecule has 0 heterocycles. The summed E-state index contributed by atoms with van der Waals surface area (Å²) in [5, 5.41) is 0. The van der Waals surface area contributed by atoms with Crippen molar-refractivity contribution in [2.45, 2.75) is 26.7 Å². The van der Waals surface area contributed by atoms with Gasteiger partial charge in [-0.1, -0.05) is 62.9 Å². The van der Waals surface area contributed by atoms with E-state index >= 15 is 0 Å². The largest absolute Gasteiger partial charge is 0.298 e. The standard InChI is InChI=1S/C16H20O/c1-14(13-17)16(2,3)12-8-7-11-15-9-5-4-6-10-15/h4-10,13H,1,11-12H2,2-3H3/b8-7+. The van der Waals surface area contributed by atoms with E-state index in [1.54, 1.807) is 0 Å². The first-order valence-corrected chi connectivity index (χ1v) is 5.90. The van der Waals surface area contributed by atoms with E-state index in [4.69, 9.17) is 0 Å². The summed E-state index contributed by atoms with van der Waals surface area (Å²) in [7, 11) is 0. The molecule has 0 radical (unpaired) electrons. The molecule has 1 rings (SSSR count). The molecule has 0 bridgehead atoms. The zero-order chi connectivity index (χ0) is 12.7. The maximum atomic E-state index is 10.7. The second kappa shape index (κ2) is 6.19. The molecule has 1 aromatic rings. The van der Waals surface area contributed by atoms with Crippen molar-refractivity contribution >= 4 is 6.29 Å². The number of hydrogen-bond acceptors (Lipinski definition) is 1. The highest BCUT2D eigenvalue weighted by Gasteiger charge is 2.19. The van der Waals surface area contributed by atoms with Crippen molar-refractivity contribution < 1.29 is 4.79 Å². The van der Waals surface area contributed by atoms with Gasteiger partial charge in [-0.3, -0.25) is 4.79 Å². The van der Waals surface area contributed by atoms with Gasteiger partial charge in [-0.2, -0.15) is 0 Å². The first kappa shape index (κ1) is 13.4. The Morgan fingerprint density at radius 2 is 1.88 bits per heavy atom. The number of carbonyl (C=O) groups is 1. The molecule has 0 saturated heterocycles. The van der Waals surface area contributed by atoms with Crippen molar-refractivity contribution in [2.75, 3.05) is 0 Å². The highest BCUT2D eigenvalue weighted by atomic mass is 16.1. The van der Waals surface area contributed by atoms with Crippen molar-refractivity contribution in [2.24, 2.45) is 5.41 Å². The van der Waals surface area contributed by atoms with E-state index in [2.05, 4.69) is 30.9 Å². The summed E-state index contributed by atoms with van der Waals surface area (Å²) in [5.41, 5.74) is 1.81. The summed E-state index contributed by atoms with van der Waals surface area (Å²) < 4.78 is 0. The number of carbonyl (C=O) groups excluding carboxylic acids is 1. The Morgan fingerprint density at radius 3 is 2.47 bits per heavy atom. The lowest BCUT2D eigenvalue weighted by atomic mass is 9.82. The minimum Gasteiger partial charge on any atom is -0.298 e. The van der Waals surface area contributed by atoms with Crippen molar-refractivity contribution in [3.63, 3.8) is 0 Å². The van der Waals surface area contributed by atoms with Gasteiger partial charge >= 0.3 is 0 Å². The molecule has 1 aromatic carbocycles. The summed E-state index contributed by atoms with van der Waals surface area (Å²) in [6.07, 6.45) is 6.91. The molecule has 0 aliphatic carbocycles. The van der Waals surface area contributed by atoms with Crippen LogP contribution in [0.2, 0.25) is 0 Å². The molecule has 1 heteroatoms. The molecular formula is C16H20O. The van der Waals surface area contributed by atoms with E-state index in [0.29, 0.717) is 5.57 Å². The Balaban J connectivity index is 2.46. The van der Waals surface area contributed by atoms with Crippen molar-refractivity contribution in [3.8, 4) is 0 Å². The average molecular weight is 228 g/mol. The molecule has 17 heavy (non-hydrogen) atoms. The molecule has 0 N–H and O–H groups in total. The van der Waals surface area contributed by atoms with Crippen molar-refractivity contribution in [1.82, 2.24) is 0 Å². The topological polar surface area (TPSA) is 17.1 Å². The third kappa shape index (κ3) is 4.39. The number of aldehydes is 1. The fourth-order valence-corrected chi connectivity index (χ4v) is 1.50. The van der Waals surface area contributed by atoms with Gasteiger partial charge in [0.25, 0.3) is 0 Å². The van der Waals surface area contributed by atoms with Gasteiger partial charge in [0.1, 0.15) is 6.29 Å². The summed E-state index contributed by atoms with van der Waals surface area (Å²) >= 11 is 0. The van der Waals surface area contributed by atoms with Gasteiger partial charge in [-0.05, 0) is 29.4 Å². The lowest BCUT2D eigenvalue weighted by Gasteiger charge is -2.21. The van der Waals surface area contributed by atoms with Crippen LogP contribution in [0.5, 0.6) is 0 Å². The summed E-state index contributed by atoms with van der Waals surface area (Å²) in [4.78, 5) is 10.7. The molecule has 0 atom stereocenters. The monoisotopic (exact) mass is 228 g/mol. The highest BCUT2D eigenvalue weighted by Crippen LogP contribution is 2.28. The molecular weight excluding hydrogens is 208 g/mol. The third-order valence-electron chi connectivity index (χ3n) is 3.00. The molecule has 0 saturated carbocycles. The smallest absolute Gasteiger partial charge is 0.145 e. The Hall–Kier alpha value is -1.63. The van der Waals surface area contributed by atoms with Crippen LogP contribution in [0.1, 0.15) is 25.8 Å². The third-order valence-corrected chi connectivity index (χ3v) is 3.00. The fraction of sp³-hybridized carbons (Fsp3) is 0.312. The fourth-order valence-electron chi connectivity index (χ4n) is 1.50. The normalized spacial score (nSPS) is 11.6. The Labute approximate surface area is 104 Å². The number of benzene rings is 1. The second-order valence-electron chi connectivity index (χ2n) is 4.89. The van der Waals surface area contributed by atoms with E-state index in [1.165, 1.54) is 5.56 Å². The summed E-state index contributed by atoms with van der Waals surface area (Å²) in [5.74, 6) is 0. The van der Waals surface area contributed by atoms with Crippen LogP contribution in [0.3, 0.4) is 0 Å². The molecule has 0 aliphatic heterocycles. The lowest BCUT2D eigenvalue weighted by molar-refractivity contribution is -0.105. The molecule has 0 unspecified atom stereocenters. The molecule has 1 nitrogen and oxygen atoms in total. The molecule has 90 valence electrons. The molecule has 0 aliphatic rings. The average Bonchev–Trinajstić information content (AvgIpc) is 2.35. The van der Waals surface area contributed by atoms with E-state index in [1.807, 2.05) is 32.0 Å². The zero-order valence-corrected chi connectivity index (χ0v) is 10.6. The molecule has 0 fully saturated rings. The Bertz CT molecular complexity index is 399. The van der Waals surface area contributed by atoms with Gasteiger partial charge < -0.3 is 0 Å². The molecule has 0 spiro atoms. The van der Waals surface area contributed by atoms with Gasteiger partial charge in [0.05, 0.1) is 0 Å².